The number of rotatable bonds is 21. The van der Waals surface area contributed by atoms with Gasteiger partial charge in [0.05, 0.1) is 34.3 Å². The zero-order valence-corrected chi connectivity index (χ0v) is 45.3. The molecule has 3 N–H and O–H groups in total. The van der Waals surface area contributed by atoms with E-state index in [2.05, 4.69) is 59.0 Å². The van der Waals surface area contributed by atoms with Crippen LogP contribution >= 0.6 is 11.8 Å². The molecule has 76 heavy (non-hydrogen) atoms. The summed E-state index contributed by atoms with van der Waals surface area (Å²) in [6.07, 6.45) is 1.58. The molecule has 1 atom stereocenters. The summed E-state index contributed by atoms with van der Waals surface area (Å²) in [5, 5.41) is 19.1. The highest BCUT2D eigenvalue weighted by atomic mass is 32.2. The van der Waals surface area contributed by atoms with Crippen molar-refractivity contribution in [3.63, 3.8) is 0 Å². The van der Waals surface area contributed by atoms with E-state index in [9.17, 15) is 27.7 Å². The van der Waals surface area contributed by atoms with Gasteiger partial charge in [0.1, 0.15) is 11.5 Å². The van der Waals surface area contributed by atoms with Gasteiger partial charge in [-0.15, -0.1) is 11.8 Å². The van der Waals surface area contributed by atoms with Crippen molar-refractivity contribution < 1.29 is 27.3 Å². The summed E-state index contributed by atoms with van der Waals surface area (Å²) < 4.78 is 52.0. The van der Waals surface area contributed by atoms with Crippen molar-refractivity contribution in [1.29, 1.82) is 0 Å². The third-order valence-electron chi connectivity index (χ3n) is 14.8. The lowest BCUT2D eigenvalue weighted by Gasteiger charge is -2.37. The minimum Gasteiger partial charge on any atom is -0.379 e. The van der Waals surface area contributed by atoms with Crippen LogP contribution in [-0.4, -0.2) is 156 Å². The average molecular weight is 1070 g/mol. The number of hydrogen-bond donors (Lipinski definition) is 3. The zero-order valence-electron chi connectivity index (χ0n) is 43.6. The molecule has 9 rings (SSSR count). The molecule has 402 valence electrons. The summed E-state index contributed by atoms with van der Waals surface area (Å²) in [6.45, 7) is 14.2. The van der Waals surface area contributed by atoms with E-state index in [4.69, 9.17) is 4.74 Å². The maximum absolute atomic E-state index is 14.2. The van der Waals surface area contributed by atoms with Crippen molar-refractivity contribution in [3.8, 4) is 22.4 Å². The number of benzene rings is 5. The average Bonchev–Trinajstić information content (AvgIpc) is 3.75. The molecule has 19 heteroatoms. The summed E-state index contributed by atoms with van der Waals surface area (Å²) >= 11 is 1.67. The number of nitrogens with zero attached hydrogens (tertiary/aromatic N) is 7. The van der Waals surface area contributed by atoms with Gasteiger partial charge in [0, 0.05) is 137 Å². The molecule has 16 nitrogen and oxygen atoms in total. The topological polar surface area (TPSA) is 161 Å². The van der Waals surface area contributed by atoms with E-state index in [1.807, 2.05) is 73.1 Å². The number of halogens is 1. The van der Waals surface area contributed by atoms with Crippen LogP contribution in [-0.2, 0) is 21.8 Å². The Morgan fingerprint density at radius 3 is 2.14 bits per heavy atom. The molecule has 1 unspecified atom stereocenters. The predicted molar refractivity (Wildman–Crippen MR) is 303 cm³/mol. The lowest BCUT2D eigenvalue weighted by Crippen LogP contribution is -2.46. The molecule has 0 saturated carbocycles. The van der Waals surface area contributed by atoms with Crippen LogP contribution in [0.1, 0.15) is 28.9 Å². The van der Waals surface area contributed by atoms with Gasteiger partial charge in [-0.05, 0) is 129 Å². The maximum Gasteiger partial charge on any atom is 0.293 e. The number of sulfonamides is 1. The fourth-order valence-electron chi connectivity index (χ4n) is 10.3. The molecule has 3 saturated heterocycles. The second kappa shape index (κ2) is 25.1. The molecule has 0 aliphatic carbocycles. The number of carbonyl (C=O) groups is 1. The first-order valence-electron chi connectivity index (χ1n) is 26.2. The van der Waals surface area contributed by atoms with Crippen LogP contribution in [0.15, 0.2) is 131 Å². The number of aromatic nitrogens is 1. The molecule has 0 radical (unpaired) electrons. The van der Waals surface area contributed by atoms with E-state index in [0.717, 1.165) is 116 Å². The van der Waals surface area contributed by atoms with Gasteiger partial charge in [-0.1, -0.05) is 30.3 Å². The lowest BCUT2D eigenvalue weighted by atomic mass is 9.95. The van der Waals surface area contributed by atoms with Gasteiger partial charge in [0.25, 0.3) is 21.6 Å². The molecular weight excluding hydrogens is 1000 g/mol. The van der Waals surface area contributed by atoms with Crippen molar-refractivity contribution >= 4 is 56.1 Å². The van der Waals surface area contributed by atoms with Crippen LogP contribution in [0.25, 0.3) is 22.4 Å². The van der Waals surface area contributed by atoms with E-state index < -0.39 is 14.9 Å². The Morgan fingerprint density at radius 2 is 1.45 bits per heavy atom. The monoisotopic (exact) mass is 1070 g/mol. The molecule has 3 fully saturated rings. The van der Waals surface area contributed by atoms with Crippen LogP contribution in [0.3, 0.4) is 0 Å². The van der Waals surface area contributed by atoms with Crippen molar-refractivity contribution in [1.82, 2.24) is 24.6 Å². The number of morpholine rings is 1. The minimum absolute atomic E-state index is 0.130. The quantitative estimate of drug-likeness (QED) is 0.0273. The fraction of sp³-hybridized carbons (Fsp3) is 0.386. The number of nitro groups is 1. The summed E-state index contributed by atoms with van der Waals surface area (Å²) in [6, 6.07) is 35.7. The first-order chi connectivity index (χ1) is 36.8. The second-order valence-corrected chi connectivity index (χ2v) is 22.6. The van der Waals surface area contributed by atoms with Gasteiger partial charge in [-0.2, -0.15) is 0 Å². The van der Waals surface area contributed by atoms with Crippen molar-refractivity contribution in [2.75, 3.05) is 131 Å². The van der Waals surface area contributed by atoms with Crippen molar-refractivity contribution in [2.45, 2.75) is 35.6 Å². The number of likely N-dealkylation sites (N-methyl/N-ethyl adjacent to an activating group) is 1. The molecular formula is C57H69FN10O6S2. The Hall–Kier alpha value is -6.48. The van der Waals surface area contributed by atoms with Gasteiger partial charge >= 0.3 is 0 Å². The normalized spacial score (nSPS) is 16.4. The molecule has 5 aromatic carbocycles. The van der Waals surface area contributed by atoms with E-state index in [-0.39, 0.29) is 34.0 Å². The van der Waals surface area contributed by atoms with Crippen LogP contribution < -0.4 is 25.2 Å². The number of amides is 1. The first-order valence-corrected chi connectivity index (χ1v) is 28.7. The molecule has 3 aliphatic rings. The smallest absolute Gasteiger partial charge is 0.293 e. The highest BCUT2D eigenvalue weighted by Crippen LogP contribution is 2.40. The van der Waals surface area contributed by atoms with Crippen molar-refractivity contribution in [2.24, 2.45) is 7.05 Å². The number of anilines is 4. The van der Waals surface area contributed by atoms with Gasteiger partial charge in [0.2, 0.25) is 0 Å². The van der Waals surface area contributed by atoms with Gasteiger partial charge in [-0.3, -0.25) is 24.5 Å². The number of nitrogens with one attached hydrogen (secondary N) is 3. The Kier molecular flexibility index (Phi) is 18.0. The van der Waals surface area contributed by atoms with Gasteiger partial charge in [0.15, 0.2) is 0 Å². The van der Waals surface area contributed by atoms with E-state index in [0.29, 0.717) is 62.9 Å². The third-order valence-corrected chi connectivity index (χ3v) is 17.3. The number of thioether (sulfide) groups is 1. The van der Waals surface area contributed by atoms with Crippen LogP contribution in [0.2, 0.25) is 0 Å². The van der Waals surface area contributed by atoms with Gasteiger partial charge in [-0.25, -0.2) is 12.8 Å². The number of ether oxygens (including phenoxy) is 1. The zero-order chi connectivity index (χ0) is 53.2. The Bertz CT molecular complexity index is 3030. The molecule has 6 aromatic rings. The Labute approximate surface area is 450 Å². The Morgan fingerprint density at radius 1 is 0.763 bits per heavy atom. The number of carbonyl (C=O) groups excluding carboxylic acids is 1. The number of hydrogen-bond acceptors (Lipinski definition) is 13. The van der Waals surface area contributed by atoms with E-state index in [1.54, 1.807) is 36.0 Å². The third kappa shape index (κ3) is 13.5. The van der Waals surface area contributed by atoms with E-state index >= 15 is 0 Å². The van der Waals surface area contributed by atoms with Crippen molar-refractivity contribution in [3.05, 3.63) is 149 Å². The summed E-state index contributed by atoms with van der Waals surface area (Å²) in [5.74, 6) is 0.197. The molecule has 1 amide bonds. The molecule has 1 aromatic heterocycles. The second-order valence-electron chi connectivity index (χ2n) is 19.8. The number of nitro benzene ring substituents is 1. The molecule has 0 bridgehead atoms. The minimum atomic E-state index is -4.19. The highest BCUT2D eigenvalue weighted by Gasteiger charge is 2.28. The lowest BCUT2D eigenvalue weighted by molar-refractivity contribution is -0.384. The molecule has 4 heterocycles. The van der Waals surface area contributed by atoms with Crippen LogP contribution in [0.5, 0.6) is 0 Å². The summed E-state index contributed by atoms with van der Waals surface area (Å²) in [7, 11) is -0.0930. The first kappa shape index (κ1) is 54.3. The van der Waals surface area contributed by atoms with Crippen LogP contribution in [0.4, 0.5) is 32.8 Å². The molecule has 0 spiro atoms. The van der Waals surface area contributed by atoms with Crippen LogP contribution in [0, 0.1) is 22.9 Å². The SMILES string of the molecule is Cc1c(C(=O)NCCCN2CCN(C)CC2)c(-c2cccc(N3CCN(c4ccc(NS(=O)(=O)c5ccc(NC(CCN6CCOCC6)CSc6ccccc6)c([N+](=O)[O-])c5)cc4)CC3)c2)c(-c2ccc(F)cc2)n1C. The molecule has 3 aliphatic heterocycles. The maximum atomic E-state index is 14.2. The number of piperazine rings is 2. The van der Waals surface area contributed by atoms with Gasteiger partial charge < -0.3 is 39.5 Å². The highest BCUT2D eigenvalue weighted by molar-refractivity contribution is 7.99. The largest absolute Gasteiger partial charge is 0.379 e. The Balaban J connectivity index is 0.844. The predicted octanol–water partition coefficient (Wildman–Crippen LogP) is 8.50. The summed E-state index contributed by atoms with van der Waals surface area (Å²) in [4.78, 5) is 38.7. The summed E-state index contributed by atoms with van der Waals surface area (Å²) in [5.41, 5.74) is 7.01. The fourth-order valence-corrected chi connectivity index (χ4v) is 12.3. The standard InChI is InChI=1S/C57H69FN10O6S2/c1-42-54(57(69)59-24-8-25-64-29-27-62(2)28-30-64)55(56(63(42)3)43-13-15-45(58)16-14-43)44-9-7-10-49(39-44)67-33-31-66(32-34-67)48-19-17-46(18-20-48)61-76(72,73)51-21-22-52(53(40-51)68(70)71)60-47(23-26-65-35-37-74-38-36-65)41-75-50-11-5-4-6-12-50/h4-7,9-22,39-40,47,60-61H,8,23-38,41H2,1-3H3,(H,59,69). The van der Waals surface area contributed by atoms with E-state index in [1.165, 1.54) is 24.3 Å².